The summed E-state index contributed by atoms with van der Waals surface area (Å²) in [6, 6.07) is 7.89. The van der Waals surface area contributed by atoms with E-state index in [1.54, 1.807) is 0 Å². The van der Waals surface area contributed by atoms with E-state index in [1.807, 2.05) is 24.3 Å². The Kier molecular flexibility index (Phi) is 5.53. The summed E-state index contributed by atoms with van der Waals surface area (Å²) in [6.45, 7) is 5.38. The summed E-state index contributed by atoms with van der Waals surface area (Å²) in [5, 5.41) is 12.2. The second-order valence-electron chi connectivity index (χ2n) is 6.43. The Morgan fingerprint density at radius 2 is 1.91 bits per heavy atom. The van der Waals surface area contributed by atoms with Gasteiger partial charge in [-0.1, -0.05) is 24.3 Å². The van der Waals surface area contributed by atoms with Crippen LogP contribution in [0.5, 0.6) is 0 Å². The zero-order valence-corrected chi connectivity index (χ0v) is 13.3. The van der Waals surface area contributed by atoms with Crippen LogP contribution in [0.2, 0.25) is 0 Å². The highest BCUT2D eigenvalue weighted by Crippen LogP contribution is 2.17. The fraction of sp³-hybridized carbons (Fsp3) is 0.588. The van der Waals surface area contributed by atoms with Gasteiger partial charge in [0.05, 0.1) is 6.10 Å². The minimum atomic E-state index is -1.86. The van der Waals surface area contributed by atoms with Gasteiger partial charge in [0.25, 0.3) is 5.91 Å². The second kappa shape index (κ2) is 7.20. The molecule has 1 fully saturated rings. The highest BCUT2D eigenvalue weighted by atomic mass is 19.1. The van der Waals surface area contributed by atoms with E-state index in [9.17, 15) is 14.3 Å². The third-order valence-electron chi connectivity index (χ3n) is 4.05. The van der Waals surface area contributed by atoms with Gasteiger partial charge in [-0.15, -0.1) is 0 Å². The van der Waals surface area contributed by atoms with E-state index >= 15 is 0 Å². The molecule has 2 rings (SSSR count). The van der Waals surface area contributed by atoms with Gasteiger partial charge in [0.1, 0.15) is 0 Å². The highest BCUT2D eigenvalue weighted by Gasteiger charge is 2.26. The first-order chi connectivity index (χ1) is 10.4. The number of rotatable bonds is 5. The molecule has 0 spiro atoms. The van der Waals surface area contributed by atoms with Crippen molar-refractivity contribution < 1.29 is 14.3 Å². The van der Waals surface area contributed by atoms with E-state index in [0.717, 1.165) is 43.6 Å². The van der Waals surface area contributed by atoms with Crippen molar-refractivity contribution in [2.24, 2.45) is 0 Å². The fourth-order valence-electron chi connectivity index (χ4n) is 2.59. The van der Waals surface area contributed by atoms with Crippen molar-refractivity contribution in [3.05, 3.63) is 35.4 Å². The lowest BCUT2D eigenvalue weighted by Crippen LogP contribution is -2.38. The molecule has 1 amide bonds. The summed E-state index contributed by atoms with van der Waals surface area (Å²) < 4.78 is 13.6. The summed E-state index contributed by atoms with van der Waals surface area (Å²) in [7, 11) is 0. The molecule has 1 aliphatic rings. The topological polar surface area (TPSA) is 52.6 Å². The number of likely N-dealkylation sites (tertiary alicyclic amines) is 1. The van der Waals surface area contributed by atoms with Gasteiger partial charge < -0.3 is 10.4 Å². The lowest BCUT2D eigenvalue weighted by Gasteiger charge is -2.30. The monoisotopic (exact) mass is 308 g/mol. The van der Waals surface area contributed by atoms with Crippen molar-refractivity contribution in [1.82, 2.24) is 10.2 Å². The molecule has 0 unspecified atom stereocenters. The highest BCUT2D eigenvalue weighted by molar-refractivity contribution is 5.84. The number of aliphatic hydroxyl groups is 1. The van der Waals surface area contributed by atoms with Crippen LogP contribution in [-0.2, 0) is 17.9 Å². The molecule has 1 saturated heterocycles. The van der Waals surface area contributed by atoms with E-state index in [0.29, 0.717) is 6.54 Å². The van der Waals surface area contributed by atoms with Crippen LogP contribution in [0.15, 0.2) is 24.3 Å². The Bertz CT molecular complexity index is 506. The first-order valence-corrected chi connectivity index (χ1v) is 7.80. The number of benzene rings is 1. The van der Waals surface area contributed by atoms with Crippen molar-refractivity contribution in [3.8, 4) is 0 Å². The average molecular weight is 308 g/mol. The summed E-state index contributed by atoms with van der Waals surface area (Å²) in [4.78, 5) is 13.9. The van der Waals surface area contributed by atoms with Crippen molar-refractivity contribution in [3.63, 3.8) is 0 Å². The van der Waals surface area contributed by atoms with Crippen molar-refractivity contribution in [2.45, 2.75) is 51.6 Å². The van der Waals surface area contributed by atoms with E-state index < -0.39 is 11.6 Å². The summed E-state index contributed by atoms with van der Waals surface area (Å²) in [6.07, 6.45) is 1.42. The van der Waals surface area contributed by atoms with Gasteiger partial charge in [0, 0.05) is 26.2 Å². The molecular formula is C17H25FN2O2. The van der Waals surface area contributed by atoms with Gasteiger partial charge in [0.15, 0.2) is 5.67 Å². The molecule has 122 valence electrons. The largest absolute Gasteiger partial charge is 0.393 e. The minimum absolute atomic E-state index is 0.183. The third-order valence-corrected chi connectivity index (χ3v) is 4.05. The molecule has 0 bridgehead atoms. The van der Waals surface area contributed by atoms with Crippen LogP contribution >= 0.6 is 0 Å². The number of hydrogen-bond donors (Lipinski definition) is 2. The van der Waals surface area contributed by atoms with Gasteiger partial charge in [-0.05, 0) is 37.8 Å². The van der Waals surface area contributed by atoms with Crippen LogP contribution in [0.3, 0.4) is 0 Å². The maximum absolute atomic E-state index is 13.6. The lowest BCUT2D eigenvalue weighted by molar-refractivity contribution is -0.130. The Balaban J connectivity index is 1.96. The Morgan fingerprint density at radius 3 is 2.50 bits per heavy atom. The third kappa shape index (κ3) is 4.78. The molecule has 22 heavy (non-hydrogen) atoms. The molecular weight excluding hydrogens is 283 g/mol. The van der Waals surface area contributed by atoms with Crippen molar-refractivity contribution in [1.29, 1.82) is 0 Å². The number of piperidine rings is 1. The average Bonchev–Trinajstić information content (AvgIpc) is 2.47. The second-order valence-corrected chi connectivity index (χ2v) is 6.43. The predicted octanol–water partition coefficient (Wildman–Crippen LogP) is 2.01. The van der Waals surface area contributed by atoms with Crippen molar-refractivity contribution in [2.75, 3.05) is 13.1 Å². The van der Waals surface area contributed by atoms with Gasteiger partial charge >= 0.3 is 0 Å². The zero-order valence-electron chi connectivity index (χ0n) is 13.3. The number of nitrogens with zero attached hydrogens (tertiary/aromatic N) is 1. The zero-order chi connectivity index (χ0) is 16.2. The SMILES string of the molecule is CC(C)(F)C(=O)NCc1ccccc1CN1CCC(O)CC1. The Labute approximate surface area is 131 Å². The summed E-state index contributed by atoms with van der Waals surface area (Å²) in [5.41, 5.74) is 0.278. The molecule has 0 aliphatic carbocycles. The maximum Gasteiger partial charge on any atom is 0.257 e. The number of halogens is 1. The molecule has 1 aromatic carbocycles. The van der Waals surface area contributed by atoms with Crippen LogP contribution in [-0.4, -0.2) is 40.8 Å². The number of hydrogen-bond acceptors (Lipinski definition) is 3. The molecule has 0 atom stereocenters. The summed E-state index contributed by atoms with van der Waals surface area (Å²) in [5.74, 6) is -0.594. The van der Waals surface area contributed by atoms with E-state index in [-0.39, 0.29) is 6.10 Å². The summed E-state index contributed by atoms with van der Waals surface area (Å²) >= 11 is 0. The van der Waals surface area contributed by atoms with E-state index in [1.165, 1.54) is 13.8 Å². The first-order valence-electron chi connectivity index (χ1n) is 7.80. The van der Waals surface area contributed by atoms with Gasteiger partial charge in [-0.2, -0.15) is 0 Å². The van der Waals surface area contributed by atoms with Gasteiger partial charge in [0.2, 0.25) is 0 Å². The molecule has 4 nitrogen and oxygen atoms in total. The molecule has 1 aliphatic heterocycles. The van der Waals surface area contributed by atoms with Crippen LogP contribution < -0.4 is 5.32 Å². The lowest BCUT2D eigenvalue weighted by atomic mass is 10.0. The Hall–Kier alpha value is -1.46. The number of nitrogens with one attached hydrogen (secondary N) is 1. The minimum Gasteiger partial charge on any atom is -0.393 e. The number of alkyl halides is 1. The molecule has 5 heteroatoms. The number of aliphatic hydroxyl groups excluding tert-OH is 1. The predicted molar refractivity (Wildman–Crippen MR) is 84.0 cm³/mol. The molecule has 0 aromatic heterocycles. The normalized spacial score (nSPS) is 17.5. The van der Waals surface area contributed by atoms with Crippen LogP contribution in [0.1, 0.15) is 37.8 Å². The number of amides is 1. The quantitative estimate of drug-likeness (QED) is 0.875. The molecule has 0 radical (unpaired) electrons. The maximum atomic E-state index is 13.6. The van der Waals surface area contributed by atoms with Crippen LogP contribution in [0.4, 0.5) is 4.39 Å². The first kappa shape index (κ1) is 16.9. The number of carbonyl (C=O) groups excluding carboxylic acids is 1. The van der Waals surface area contributed by atoms with E-state index in [2.05, 4.69) is 10.2 Å². The van der Waals surface area contributed by atoms with Gasteiger partial charge in [-0.3, -0.25) is 9.69 Å². The van der Waals surface area contributed by atoms with Gasteiger partial charge in [-0.25, -0.2) is 4.39 Å². The standard InChI is InChI=1S/C17H25FN2O2/c1-17(2,18)16(22)19-11-13-5-3-4-6-14(13)12-20-9-7-15(21)8-10-20/h3-6,15,21H,7-12H2,1-2H3,(H,19,22). The van der Waals surface area contributed by atoms with Crippen LogP contribution in [0.25, 0.3) is 0 Å². The smallest absolute Gasteiger partial charge is 0.257 e. The fourth-order valence-corrected chi connectivity index (χ4v) is 2.59. The Morgan fingerprint density at radius 1 is 1.32 bits per heavy atom. The van der Waals surface area contributed by atoms with E-state index in [4.69, 9.17) is 0 Å². The van der Waals surface area contributed by atoms with Crippen molar-refractivity contribution >= 4 is 5.91 Å². The molecule has 1 aromatic rings. The number of carbonyl (C=O) groups is 1. The van der Waals surface area contributed by atoms with Crippen LogP contribution in [0, 0.1) is 0 Å². The molecule has 0 saturated carbocycles. The molecule has 1 heterocycles. The molecule has 2 N–H and O–H groups in total.